The van der Waals surface area contributed by atoms with E-state index in [4.69, 9.17) is 9.97 Å². The van der Waals surface area contributed by atoms with E-state index in [1.165, 1.54) is 32.3 Å². The molecule has 8 aromatic carbocycles. The SMILES string of the molecule is N#Cc1cccc(-c2nc(-c3cc(-n4c5ccccc5c5ccccc54)cc(-n4c5ccccc5c5ccccc54)c3)nc3c2-c2cccc4cccc-3c24)c1. The normalized spacial score (nSPS) is 11.9. The van der Waals surface area contributed by atoms with Crippen molar-refractivity contribution in [3.05, 3.63) is 181 Å². The summed E-state index contributed by atoms with van der Waals surface area (Å²) in [6.07, 6.45) is 0. The van der Waals surface area contributed by atoms with Gasteiger partial charge in [-0.1, -0.05) is 121 Å². The van der Waals surface area contributed by atoms with Crippen molar-refractivity contribution in [2.45, 2.75) is 0 Å². The van der Waals surface area contributed by atoms with Crippen LogP contribution in [0.2, 0.25) is 0 Å². The Morgan fingerprint density at radius 1 is 0.429 bits per heavy atom. The summed E-state index contributed by atoms with van der Waals surface area (Å²) in [6.45, 7) is 0. The van der Waals surface area contributed by atoms with E-state index in [0.717, 1.165) is 72.6 Å². The van der Waals surface area contributed by atoms with E-state index in [-0.39, 0.29) is 0 Å². The van der Waals surface area contributed by atoms with E-state index in [2.05, 4.69) is 167 Å². The number of fused-ring (bicyclic) bond motifs is 9. The van der Waals surface area contributed by atoms with Gasteiger partial charge in [0.2, 0.25) is 0 Å². The fourth-order valence-electron chi connectivity index (χ4n) is 9.12. The predicted molar refractivity (Wildman–Crippen MR) is 228 cm³/mol. The number of rotatable bonds is 4. The Bertz CT molecular complexity index is 3260. The number of aromatic nitrogens is 4. The van der Waals surface area contributed by atoms with Gasteiger partial charge in [0, 0.05) is 55.2 Å². The standard InChI is InChI=1S/C51H29N5/c52-30-31-12-9-15-33(26-31)49-48-41-20-10-13-32-14-11-21-42(47(32)41)50(48)54-51(53-49)34-27-35(55-43-22-5-1-16-37(43)38-17-2-6-23-44(38)55)29-36(28-34)56-45-24-7-3-18-39(45)40-19-4-8-25-46(40)56/h1-29H. The van der Waals surface area contributed by atoms with Crippen molar-refractivity contribution in [3.8, 4) is 62.5 Å². The summed E-state index contributed by atoms with van der Waals surface area (Å²) in [5, 5.41) is 17.1. The molecule has 0 saturated carbocycles. The van der Waals surface area contributed by atoms with Crippen LogP contribution >= 0.6 is 0 Å². The summed E-state index contributed by atoms with van der Waals surface area (Å²) in [5.74, 6) is 0.621. The van der Waals surface area contributed by atoms with Gasteiger partial charge in [0.25, 0.3) is 0 Å². The average molecular weight is 712 g/mol. The minimum absolute atomic E-state index is 0.590. The molecule has 0 unspecified atom stereocenters. The smallest absolute Gasteiger partial charge is 0.160 e. The molecule has 3 heterocycles. The Balaban J connectivity index is 1.21. The lowest BCUT2D eigenvalue weighted by Gasteiger charge is -2.17. The molecule has 258 valence electrons. The fourth-order valence-corrected chi connectivity index (χ4v) is 9.12. The van der Waals surface area contributed by atoms with Crippen molar-refractivity contribution >= 4 is 54.4 Å². The maximum Gasteiger partial charge on any atom is 0.160 e. The Kier molecular flexibility index (Phi) is 6.34. The van der Waals surface area contributed by atoms with E-state index in [1.54, 1.807) is 0 Å². The molecule has 0 amide bonds. The zero-order valence-electron chi connectivity index (χ0n) is 30.0. The third kappa shape index (κ3) is 4.30. The fraction of sp³-hybridized carbons (Fsp3) is 0. The van der Waals surface area contributed by atoms with Crippen molar-refractivity contribution in [3.63, 3.8) is 0 Å². The first-order valence-corrected chi connectivity index (χ1v) is 18.8. The number of nitriles is 1. The molecule has 12 rings (SSSR count). The van der Waals surface area contributed by atoms with Crippen molar-refractivity contribution < 1.29 is 0 Å². The molecule has 56 heavy (non-hydrogen) atoms. The van der Waals surface area contributed by atoms with Gasteiger partial charge in [-0.2, -0.15) is 5.26 Å². The van der Waals surface area contributed by atoms with E-state index < -0.39 is 0 Å². The summed E-state index contributed by atoms with van der Waals surface area (Å²) in [6, 6.07) is 64.2. The molecule has 5 heteroatoms. The third-order valence-electron chi connectivity index (χ3n) is 11.4. The van der Waals surface area contributed by atoms with E-state index >= 15 is 0 Å². The first-order chi connectivity index (χ1) is 27.7. The molecular formula is C51H29N5. The second kappa shape index (κ2) is 11.6. The first-order valence-electron chi connectivity index (χ1n) is 18.8. The lowest BCUT2D eigenvalue weighted by molar-refractivity contribution is 1.12. The lowest BCUT2D eigenvalue weighted by Crippen LogP contribution is -2.02. The van der Waals surface area contributed by atoms with Crippen LogP contribution in [0.25, 0.3) is 111 Å². The molecule has 0 N–H and O–H groups in total. The summed E-state index contributed by atoms with van der Waals surface area (Å²) < 4.78 is 4.74. The van der Waals surface area contributed by atoms with Crippen molar-refractivity contribution in [2.75, 3.05) is 0 Å². The Hall–Kier alpha value is -7.81. The quantitative estimate of drug-likeness (QED) is 0.183. The summed E-state index contributed by atoms with van der Waals surface area (Å²) in [4.78, 5) is 11.0. The number of para-hydroxylation sites is 4. The zero-order valence-corrected chi connectivity index (χ0v) is 30.0. The van der Waals surface area contributed by atoms with Crippen LogP contribution in [0.5, 0.6) is 0 Å². The Morgan fingerprint density at radius 3 is 1.48 bits per heavy atom. The molecular weight excluding hydrogens is 683 g/mol. The Morgan fingerprint density at radius 2 is 0.929 bits per heavy atom. The van der Waals surface area contributed by atoms with Crippen LogP contribution in [0.4, 0.5) is 0 Å². The van der Waals surface area contributed by atoms with Crippen LogP contribution in [0.1, 0.15) is 5.56 Å². The van der Waals surface area contributed by atoms with E-state index in [1.807, 2.05) is 24.3 Å². The lowest BCUT2D eigenvalue weighted by atomic mass is 9.98. The summed E-state index contributed by atoms with van der Waals surface area (Å²) in [7, 11) is 0. The minimum Gasteiger partial charge on any atom is -0.309 e. The van der Waals surface area contributed by atoms with Crippen LogP contribution in [-0.2, 0) is 0 Å². The summed E-state index contributed by atoms with van der Waals surface area (Å²) in [5.41, 5.74) is 13.8. The molecule has 0 fully saturated rings. The molecule has 11 aromatic rings. The molecule has 5 nitrogen and oxygen atoms in total. The number of nitrogens with zero attached hydrogens (tertiary/aromatic N) is 5. The molecule has 0 bridgehead atoms. The van der Waals surface area contributed by atoms with Gasteiger partial charge in [-0.25, -0.2) is 9.97 Å². The average Bonchev–Trinajstić information content (AvgIpc) is 3.90. The Labute approximate surface area is 321 Å². The van der Waals surface area contributed by atoms with Gasteiger partial charge in [-0.3, -0.25) is 0 Å². The van der Waals surface area contributed by atoms with Gasteiger partial charge in [-0.15, -0.1) is 0 Å². The van der Waals surface area contributed by atoms with Crippen LogP contribution in [-0.4, -0.2) is 19.1 Å². The molecule has 1 aliphatic carbocycles. The predicted octanol–water partition coefficient (Wildman–Crippen LogP) is 12.7. The maximum atomic E-state index is 9.96. The number of hydrogen-bond acceptors (Lipinski definition) is 3. The van der Waals surface area contributed by atoms with Crippen LogP contribution < -0.4 is 0 Å². The van der Waals surface area contributed by atoms with Crippen molar-refractivity contribution in [2.24, 2.45) is 0 Å². The molecule has 0 atom stereocenters. The zero-order chi connectivity index (χ0) is 36.9. The van der Waals surface area contributed by atoms with Crippen molar-refractivity contribution in [1.29, 1.82) is 5.26 Å². The number of hydrogen-bond donors (Lipinski definition) is 0. The second-order valence-corrected chi connectivity index (χ2v) is 14.5. The second-order valence-electron chi connectivity index (χ2n) is 14.5. The van der Waals surface area contributed by atoms with E-state index in [9.17, 15) is 5.26 Å². The molecule has 1 aliphatic rings. The highest BCUT2D eigenvalue weighted by molar-refractivity contribution is 6.17. The van der Waals surface area contributed by atoms with E-state index in [0.29, 0.717) is 11.4 Å². The molecule has 0 saturated heterocycles. The van der Waals surface area contributed by atoms with Crippen molar-refractivity contribution in [1.82, 2.24) is 19.1 Å². The summed E-state index contributed by atoms with van der Waals surface area (Å²) >= 11 is 0. The first kappa shape index (κ1) is 30.6. The van der Waals surface area contributed by atoms with Gasteiger partial charge in [0.1, 0.15) is 0 Å². The van der Waals surface area contributed by atoms with Crippen LogP contribution in [0.15, 0.2) is 176 Å². The van der Waals surface area contributed by atoms with Crippen LogP contribution in [0, 0.1) is 11.3 Å². The van der Waals surface area contributed by atoms with Gasteiger partial charge < -0.3 is 9.13 Å². The number of benzene rings is 8. The minimum atomic E-state index is 0.590. The molecule has 0 spiro atoms. The van der Waals surface area contributed by atoms with Gasteiger partial charge in [0.15, 0.2) is 5.82 Å². The monoisotopic (exact) mass is 711 g/mol. The highest BCUT2D eigenvalue weighted by atomic mass is 15.0. The molecule has 0 aliphatic heterocycles. The molecule has 0 radical (unpaired) electrons. The topological polar surface area (TPSA) is 59.4 Å². The largest absolute Gasteiger partial charge is 0.309 e. The highest BCUT2D eigenvalue weighted by Crippen LogP contribution is 2.50. The van der Waals surface area contributed by atoms with Gasteiger partial charge in [-0.05, 0) is 70.9 Å². The van der Waals surface area contributed by atoms with Crippen LogP contribution in [0.3, 0.4) is 0 Å². The maximum absolute atomic E-state index is 9.96. The van der Waals surface area contributed by atoms with Gasteiger partial charge in [0.05, 0.1) is 45.1 Å². The molecule has 3 aromatic heterocycles. The highest BCUT2D eigenvalue weighted by Gasteiger charge is 2.29. The third-order valence-corrected chi connectivity index (χ3v) is 11.4. The van der Waals surface area contributed by atoms with Gasteiger partial charge >= 0.3 is 0 Å².